The van der Waals surface area contributed by atoms with Gasteiger partial charge in [0.25, 0.3) is 0 Å². The third kappa shape index (κ3) is 3.55. The molecule has 0 aromatic carbocycles. The highest BCUT2D eigenvalue weighted by Gasteiger charge is 2.02. The van der Waals surface area contributed by atoms with Crippen molar-refractivity contribution in [2.45, 2.75) is 51.9 Å². The second-order valence-corrected chi connectivity index (χ2v) is 4.58. The molecule has 0 unspecified atom stereocenters. The normalized spacial score (nSPS) is 11.1. The van der Waals surface area contributed by atoms with E-state index in [-0.39, 0.29) is 0 Å². The zero-order valence-corrected chi connectivity index (χ0v) is 10.6. The number of hydrogen-bond acceptors (Lipinski definition) is 2. The fourth-order valence-electron chi connectivity index (χ4n) is 2.09. The van der Waals surface area contributed by atoms with Crippen LogP contribution >= 0.6 is 0 Å². The summed E-state index contributed by atoms with van der Waals surface area (Å²) in [5.74, 6) is 1.08. The van der Waals surface area contributed by atoms with Gasteiger partial charge >= 0.3 is 0 Å². The van der Waals surface area contributed by atoms with Crippen LogP contribution in [0.5, 0.6) is 0 Å². The smallest absolute Gasteiger partial charge is 0.177 e. The minimum absolute atomic E-state index is 0.841. The van der Waals surface area contributed by atoms with Crippen LogP contribution in [0.2, 0.25) is 0 Å². The topological polar surface area (TPSA) is 41.6 Å². The molecule has 0 saturated carbocycles. The van der Waals surface area contributed by atoms with E-state index in [1.54, 1.807) is 6.20 Å². The van der Waals surface area contributed by atoms with Gasteiger partial charge < -0.3 is 4.98 Å². The van der Waals surface area contributed by atoms with Crippen molar-refractivity contribution in [2.75, 3.05) is 0 Å². The van der Waals surface area contributed by atoms with Gasteiger partial charge in [0.1, 0.15) is 5.82 Å². The summed E-state index contributed by atoms with van der Waals surface area (Å²) in [6.45, 7) is 2.25. The van der Waals surface area contributed by atoms with Crippen LogP contribution in [-0.4, -0.2) is 15.0 Å². The van der Waals surface area contributed by atoms with Crippen molar-refractivity contribution < 1.29 is 0 Å². The van der Waals surface area contributed by atoms with Crippen molar-refractivity contribution in [3.8, 4) is 0 Å². The second-order valence-electron chi connectivity index (χ2n) is 4.58. The van der Waals surface area contributed by atoms with Crippen LogP contribution in [0.25, 0.3) is 11.2 Å². The number of aromatic amines is 1. The average molecular weight is 231 g/mol. The van der Waals surface area contributed by atoms with E-state index in [2.05, 4.69) is 21.9 Å². The lowest BCUT2D eigenvalue weighted by Crippen LogP contribution is -1.88. The van der Waals surface area contributed by atoms with Gasteiger partial charge in [-0.1, -0.05) is 39.0 Å². The van der Waals surface area contributed by atoms with Gasteiger partial charge in [-0.25, -0.2) is 9.97 Å². The maximum atomic E-state index is 4.48. The molecule has 3 heteroatoms. The quantitative estimate of drug-likeness (QED) is 0.735. The van der Waals surface area contributed by atoms with Gasteiger partial charge in [-0.2, -0.15) is 0 Å². The van der Waals surface area contributed by atoms with Gasteiger partial charge in [0, 0.05) is 12.6 Å². The number of aromatic nitrogens is 3. The Bertz CT molecular complexity index is 414. The number of nitrogens with zero attached hydrogens (tertiary/aromatic N) is 2. The summed E-state index contributed by atoms with van der Waals surface area (Å²) in [5, 5.41) is 0. The number of imidazole rings is 1. The molecule has 0 atom stereocenters. The van der Waals surface area contributed by atoms with Crippen LogP contribution in [0.3, 0.4) is 0 Å². The van der Waals surface area contributed by atoms with Crippen molar-refractivity contribution >= 4 is 11.2 Å². The SMILES string of the molecule is CCCCCCCCc1nc2ncccc2[nH]1. The lowest BCUT2D eigenvalue weighted by molar-refractivity contribution is 0.602. The molecular weight excluding hydrogens is 210 g/mol. The Balaban J connectivity index is 1.75. The highest BCUT2D eigenvalue weighted by molar-refractivity contribution is 5.69. The summed E-state index contributed by atoms with van der Waals surface area (Å²) >= 11 is 0. The van der Waals surface area contributed by atoms with E-state index in [1.807, 2.05) is 12.1 Å². The molecule has 0 bridgehead atoms. The summed E-state index contributed by atoms with van der Waals surface area (Å²) < 4.78 is 0. The number of H-pyrrole nitrogens is 1. The first-order chi connectivity index (χ1) is 8.40. The summed E-state index contributed by atoms with van der Waals surface area (Å²) in [6.07, 6.45) is 10.8. The molecular formula is C14H21N3. The molecule has 3 nitrogen and oxygen atoms in total. The van der Waals surface area contributed by atoms with Gasteiger partial charge in [-0.05, 0) is 18.6 Å². The first kappa shape index (κ1) is 12.1. The zero-order valence-electron chi connectivity index (χ0n) is 10.6. The average Bonchev–Trinajstić information content (AvgIpc) is 2.76. The molecule has 0 fully saturated rings. The molecule has 0 radical (unpaired) electrons. The largest absolute Gasteiger partial charge is 0.341 e. The predicted molar refractivity (Wildman–Crippen MR) is 71.0 cm³/mol. The summed E-state index contributed by atoms with van der Waals surface area (Å²) in [4.78, 5) is 12.0. The fourth-order valence-corrected chi connectivity index (χ4v) is 2.09. The number of aryl methyl sites for hydroxylation is 1. The maximum Gasteiger partial charge on any atom is 0.177 e. The number of rotatable bonds is 7. The van der Waals surface area contributed by atoms with Crippen LogP contribution in [-0.2, 0) is 6.42 Å². The molecule has 0 aliphatic heterocycles. The summed E-state index contributed by atoms with van der Waals surface area (Å²) in [5.41, 5.74) is 1.89. The fraction of sp³-hybridized carbons (Fsp3) is 0.571. The highest BCUT2D eigenvalue weighted by atomic mass is 15.0. The first-order valence-corrected chi connectivity index (χ1v) is 6.70. The Labute approximate surface area is 103 Å². The van der Waals surface area contributed by atoms with Crippen LogP contribution in [0, 0.1) is 0 Å². The van der Waals surface area contributed by atoms with Gasteiger partial charge in [-0.15, -0.1) is 0 Å². The van der Waals surface area contributed by atoms with E-state index in [0.717, 1.165) is 23.4 Å². The molecule has 92 valence electrons. The van der Waals surface area contributed by atoms with Gasteiger partial charge in [0.15, 0.2) is 5.65 Å². The van der Waals surface area contributed by atoms with E-state index in [0.29, 0.717) is 0 Å². The van der Waals surface area contributed by atoms with Crippen LogP contribution < -0.4 is 0 Å². The van der Waals surface area contributed by atoms with Crippen LogP contribution in [0.4, 0.5) is 0 Å². The molecule has 2 aromatic rings. The van der Waals surface area contributed by atoms with E-state index < -0.39 is 0 Å². The molecule has 17 heavy (non-hydrogen) atoms. The third-order valence-electron chi connectivity index (χ3n) is 3.07. The predicted octanol–water partition coefficient (Wildman–Crippen LogP) is 3.86. The minimum Gasteiger partial charge on any atom is -0.341 e. The zero-order chi connectivity index (χ0) is 11.9. The lowest BCUT2D eigenvalue weighted by atomic mass is 10.1. The molecule has 0 amide bonds. The minimum atomic E-state index is 0.841. The van der Waals surface area contributed by atoms with Gasteiger partial charge in [0.2, 0.25) is 0 Å². The Kier molecular flexibility index (Phi) is 4.54. The van der Waals surface area contributed by atoms with Crippen molar-refractivity contribution in [1.82, 2.24) is 15.0 Å². The van der Waals surface area contributed by atoms with Crippen molar-refractivity contribution in [3.05, 3.63) is 24.2 Å². The Morgan fingerprint density at radius 1 is 1.12 bits per heavy atom. The van der Waals surface area contributed by atoms with E-state index in [4.69, 9.17) is 0 Å². The first-order valence-electron chi connectivity index (χ1n) is 6.70. The van der Waals surface area contributed by atoms with Gasteiger partial charge in [-0.3, -0.25) is 0 Å². The third-order valence-corrected chi connectivity index (χ3v) is 3.07. The van der Waals surface area contributed by atoms with Crippen molar-refractivity contribution in [3.63, 3.8) is 0 Å². The van der Waals surface area contributed by atoms with Crippen LogP contribution in [0.15, 0.2) is 18.3 Å². The molecule has 2 rings (SSSR count). The Morgan fingerprint density at radius 3 is 2.76 bits per heavy atom. The molecule has 2 heterocycles. The van der Waals surface area contributed by atoms with Crippen LogP contribution in [0.1, 0.15) is 51.3 Å². The Morgan fingerprint density at radius 2 is 1.94 bits per heavy atom. The van der Waals surface area contributed by atoms with Gasteiger partial charge in [0.05, 0.1) is 5.52 Å². The monoisotopic (exact) mass is 231 g/mol. The number of nitrogens with one attached hydrogen (secondary N) is 1. The molecule has 2 aromatic heterocycles. The Hall–Kier alpha value is -1.38. The lowest BCUT2D eigenvalue weighted by Gasteiger charge is -1.98. The maximum absolute atomic E-state index is 4.48. The number of fused-ring (bicyclic) bond motifs is 1. The molecule has 0 aliphatic rings. The summed E-state index contributed by atoms with van der Waals surface area (Å²) in [7, 11) is 0. The molecule has 0 spiro atoms. The highest BCUT2D eigenvalue weighted by Crippen LogP contribution is 2.11. The van der Waals surface area contributed by atoms with E-state index in [9.17, 15) is 0 Å². The number of hydrogen-bond donors (Lipinski definition) is 1. The molecule has 0 aliphatic carbocycles. The van der Waals surface area contributed by atoms with Crippen molar-refractivity contribution in [1.29, 1.82) is 0 Å². The van der Waals surface area contributed by atoms with E-state index >= 15 is 0 Å². The molecule has 0 saturated heterocycles. The number of pyridine rings is 1. The van der Waals surface area contributed by atoms with Crippen molar-refractivity contribution in [2.24, 2.45) is 0 Å². The summed E-state index contributed by atoms with van der Waals surface area (Å²) in [6, 6.07) is 3.97. The van der Waals surface area contributed by atoms with E-state index in [1.165, 1.54) is 38.5 Å². The standard InChI is InChI=1S/C14H21N3/c1-2-3-4-5-6-7-10-13-16-12-9-8-11-15-14(12)17-13/h8-9,11H,2-7,10H2,1H3,(H,15,16,17). The second kappa shape index (κ2) is 6.38. The number of unbranched alkanes of at least 4 members (excludes halogenated alkanes) is 5. The molecule has 1 N–H and O–H groups in total.